The molecule has 3 aromatic carbocycles. The summed E-state index contributed by atoms with van der Waals surface area (Å²) in [7, 11) is 1.70. The minimum Gasteiger partial charge on any atom is -0.508 e. The Morgan fingerprint density at radius 2 is 1.51 bits per heavy atom. The van der Waals surface area contributed by atoms with Gasteiger partial charge in [-0.15, -0.1) is 0 Å². The largest absolute Gasteiger partial charge is 0.508 e. The molecule has 5 heteroatoms. The van der Waals surface area contributed by atoms with Crippen molar-refractivity contribution in [2.75, 3.05) is 12.4 Å². The highest BCUT2D eigenvalue weighted by Crippen LogP contribution is 2.40. The molecule has 2 aliphatic carbocycles. The number of methoxy groups -OCH3 is 1. The van der Waals surface area contributed by atoms with Gasteiger partial charge in [-0.1, -0.05) is 62.8 Å². The first-order valence-corrected chi connectivity index (χ1v) is 14.3. The van der Waals surface area contributed by atoms with Gasteiger partial charge in [0.2, 0.25) is 0 Å². The van der Waals surface area contributed by atoms with Crippen LogP contribution in [-0.4, -0.2) is 18.1 Å². The number of aromatic hydroxyl groups is 1. The van der Waals surface area contributed by atoms with Crippen molar-refractivity contribution in [3.05, 3.63) is 88.7 Å². The molecule has 1 aliphatic heterocycles. The van der Waals surface area contributed by atoms with Gasteiger partial charge in [0.25, 0.3) is 5.91 Å². The summed E-state index contributed by atoms with van der Waals surface area (Å²) in [6, 6.07) is 18.2. The Bertz CT molecular complexity index is 1340. The number of carbonyl (C=O) groups is 1. The molecule has 3 aliphatic rings. The number of benzene rings is 3. The molecule has 4 nitrogen and oxygen atoms in total. The fraction of sp³-hybridized carbons (Fsp3) is 0.382. The molecule has 0 atom stereocenters. The summed E-state index contributed by atoms with van der Waals surface area (Å²) in [5, 5.41) is 12.5. The minimum absolute atomic E-state index is 0.194. The number of nitrogens with one attached hydrogen (secondary N) is 1. The van der Waals surface area contributed by atoms with Crippen molar-refractivity contribution in [1.29, 1.82) is 0 Å². The first-order chi connectivity index (χ1) is 19.0. The van der Waals surface area contributed by atoms with E-state index in [1.54, 1.807) is 19.2 Å². The van der Waals surface area contributed by atoms with Gasteiger partial charge in [0.1, 0.15) is 17.3 Å². The zero-order chi connectivity index (χ0) is 27.2. The number of para-hydroxylation sites is 1. The van der Waals surface area contributed by atoms with Crippen LogP contribution in [0.15, 0.2) is 60.7 Å². The lowest BCUT2D eigenvalue weighted by Gasteiger charge is -2.24. The average molecular weight is 528 g/mol. The number of carbonyl (C=O) groups excluding carboxylic acids is 1. The second-order valence-corrected chi connectivity index (χ2v) is 10.9. The van der Waals surface area contributed by atoms with Gasteiger partial charge < -0.3 is 15.2 Å². The van der Waals surface area contributed by atoms with E-state index in [1.807, 2.05) is 30.3 Å². The van der Waals surface area contributed by atoms with E-state index in [0.29, 0.717) is 34.4 Å². The van der Waals surface area contributed by atoms with Crippen LogP contribution in [0.1, 0.15) is 98.3 Å². The number of fused-ring (bicyclic) bond motifs is 1. The van der Waals surface area contributed by atoms with Crippen LogP contribution in [0, 0.1) is 5.82 Å². The van der Waals surface area contributed by atoms with Gasteiger partial charge in [0, 0.05) is 16.8 Å². The number of phenolic OH excluding ortho intramolecular Hbond substituents is 1. The summed E-state index contributed by atoms with van der Waals surface area (Å²) >= 11 is 0. The van der Waals surface area contributed by atoms with Crippen LogP contribution in [0.5, 0.6) is 11.5 Å². The van der Waals surface area contributed by atoms with Gasteiger partial charge in [0.15, 0.2) is 0 Å². The van der Waals surface area contributed by atoms with E-state index in [-0.39, 0.29) is 11.7 Å². The number of phenols is 1. The minimum atomic E-state index is -0.344. The van der Waals surface area contributed by atoms with E-state index >= 15 is 0 Å². The zero-order valence-corrected chi connectivity index (χ0v) is 22.7. The molecule has 0 saturated heterocycles. The highest BCUT2D eigenvalue weighted by atomic mass is 19.1. The number of halogens is 1. The van der Waals surface area contributed by atoms with Crippen LogP contribution in [0.2, 0.25) is 0 Å². The summed E-state index contributed by atoms with van der Waals surface area (Å²) in [5.41, 5.74) is 5.07. The molecule has 2 N–H and O–H groups in total. The molecule has 0 radical (unpaired) electrons. The van der Waals surface area contributed by atoms with Crippen molar-refractivity contribution in [2.24, 2.45) is 0 Å². The quantitative estimate of drug-likeness (QED) is 0.333. The zero-order valence-electron chi connectivity index (χ0n) is 22.7. The number of hydrogen-bond donors (Lipinski definition) is 2. The lowest BCUT2D eigenvalue weighted by molar-refractivity contribution is -0.110. The molecule has 204 valence electrons. The topological polar surface area (TPSA) is 58.6 Å². The van der Waals surface area contributed by atoms with Crippen molar-refractivity contribution in [3.8, 4) is 11.5 Å². The molecule has 0 spiro atoms. The van der Waals surface area contributed by atoms with Crippen molar-refractivity contribution in [1.82, 2.24) is 0 Å². The predicted molar refractivity (Wildman–Crippen MR) is 156 cm³/mol. The number of ether oxygens (including phenoxy) is 1. The monoisotopic (exact) mass is 527 g/mol. The van der Waals surface area contributed by atoms with Crippen molar-refractivity contribution < 1.29 is 19.0 Å². The molecule has 39 heavy (non-hydrogen) atoms. The molecule has 0 unspecified atom stereocenters. The Hall–Kier alpha value is -3.60. The number of amides is 1. The number of anilines is 1. The Morgan fingerprint density at radius 3 is 2.18 bits per heavy atom. The van der Waals surface area contributed by atoms with Crippen LogP contribution in [-0.2, 0) is 4.79 Å². The van der Waals surface area contributed by atoms with E-state index in [9.17, 15) is 14.3 Å². The maximum Gasteiger partial charge on any atom is 0.256 e. The van der Waals surface area contributed by atoms with Crippen LogP contribution in [0.3, 0.4) is 0 Å². The Morgan fingerprint density at radius 1 is 0.846 bits per heavy atom. The fourth-order valence-corrected chi connectivity index (χ4v) is 6.29. The lowest BCUT2D eigenvalue weighted by Crippen LogP contribution is -2.07. The Balaban J connectivity index is 0.000000198. The van der Waals surface area contributed by atoms with Gasteiger partial charge in [-0.05, 0) is 96.7 Å². The Labute approximate surface area is 230 Å². The van der Waals surface area contributed by atoms with Crippen LogP contribution < -0.4 is 10.1 Å². The Kier molecular flexibility index (Phi) is 8.65. The molecule has 0 bridgehead atoms. The fourth-order valence-electron chi connectivity index (χ4n) is 6.29. The van der Waals surface area contributed by atoms with E-state index in [1.165, 1.54) is 81.9 Å². The van der Waals surface area contributed by atoms with E-state index in [0.717, 1.165) is 16.9 Å². The lowest BCUT2D eigenvalue weighted by atomic mass is 9.83. The number of rotatable bonds is 4. The summed E-state index contributed by atoms with van der Waals surface area (Å²) in [6.07, 6.45) is 14.5. The van der Waals surface area contributed by atoms with Crippen LogP contribution in [0.4, 0.5) is 10.1 Å². The molecule has 6 rings (SSSR count). The highest BCUT2D eigenvalue weighted by Gasteiger charge is 2.25. The molecule has 3 aromatic rings. The summed E-state index contributed by atoms with van der Waals surface area (Å²) in [6.45, 7) is 0. The van der Waals surface area contributed by atoms with Gasteiger partial charge in [-0.2, -0.15) is 0 Å². The SMILES string of the molecule is COc1ccc(C=C2C(=O)Nc3ccc(F)cc32)cc1C1CCCCC1.Oc1ccccc1C1CCCCC1. The smallest absolute Gasteiger partial charge is 0.256 e. The van der Waals surface area contributed by atoms with E-state index < -0.39 is 0 Å². The third-order valence-electron chi connectivity index (χ3n) is 8.36. The van der Waals surface area contributed by atoms with E-state index in [2.05, 4.69) is 17.4 Å². The molecule has 1 amide bonds. The van der Waals surface area contributed by atoms with Crippen molar-refractivity contribution in [2.45, 2.75) is 76.0 Å². The molecular formula is C34H38FNO3. The van der Waals surface area contributed by atoms with Crippen molar-refractivity contribution in [3.63, 3.8) is 0 Å². The van der Waals surface area contributed by atoms with Gasteiger partial charge in [-0.3, -0.25) is 4.79 Å². The predicted octanol–water partition coefficient (Wildman–Crippen LogP) is 8.81. The first kappa shape index (κ1) is 27.0. The first-order valence-electron chi connectivity index (χ1n) is 14.3. The molecular weight excluding hydrogens is 489 g/mol. The van der Waals surface area contributed by atoms with Crippen LogP contribution >= 0.6 is 0 Å². The van der Waals surface area contributed by atoms with Crippen molar-refractivity contribution >= 4 is 23.2 Å². The molecule has 0 aromatic heterocycles. The van der Waals surface area contributed by atoms with Gasteiger partial charge in [0.05, 0.1) is 7.11 Å². The third kappa shape index (κ3) is 6.35. The normalized spacial score (nSPS) is 18.7. The molecule has 2 fully saturated rings. The van der Waals surface area contributed by atoms with Crippen LogP contribution in [0.25, 0.3) is 11.6 Å². The second kappa shape index (κ2) is 12.5. The maximum atomic E-state index is 13.6. The third-order valence-corrected chi connectivity index (χ3v) is 8.36. The highest BCUT2D eigenvalue weighted by molar-refractivity contribution is 6.34. The van der Waals surface area contributed by atoms with Gasteiger partial charge >= 0.3 is 0 Å². The maximum absolute atomic E-state index is 13.6. The molecule has 2 saturated carbocycles. The summed E-state index contributed by atoms with van der Waals surface area (Å²) < 4.78 is 19.2. The second-order valence-electron chi connectivity index (χ2n) is 10.9. The molecule has 1 heterocycles. The van der Waals surface area contributed by atoms with Gasteiger partial charge in [-0.25, -0.2) is 4.39 Å². The van der Waals surface area contributed by atoms with E-state index in [4.69, 9.17) is 4.74 Å². The standard InChI is InChI=1S/C22H22FNO2.C12H16O/c1-26-21-10-7-14(11-17(21)15-5-3-2-4-6-15)12-19-18-13-16(23)8-9-20(18)24-22(19)25;13-12-9-5-4-8-11(12)10-6-2-1-3-7-10/h7-13,15H,2-6H2,1H3,(H,24,25);4-5,8-10,13H,1-3,6-7H2. The summed E-state index contributed by atoms with van der Waals surface area (Å²) in [4.78, 5) is 12.3. The number of hydrogen-bond acceptors (Lipinski definition) is 3. The average Bonchev–Trinajstić information content (AvgIpc) is 3.28. The summed E-state index contributed by atoms with van der Waals surface area (Å²) in [5.74, 6) is 1.95.